The number of nitrogens with zero attached hydrogens (tertiary/aromatic N) is 1. The van der Waals surface area contributed by atoms with Crippen LogP contribution in [-0.4, -0.2) is 67.5 Å². The second-order valence-corrected chi connectivity index (χ2v) is 9.47. The number of sulfonamides is 1. The average Bonchev–Trinajstić information content (AvgIpc) is 3.17. The van der Waals surface area contributed by atoms with Crippen LogP contribution in [0.1, 0.15) is 10.4 Å². The fourth-order valence-electron chi connectivity index (χ4n) is 3.27. The van der Waals surface area contributed by atoms with Gasteiger partial charge in [0.1, 0.15) is 0 Å². The van der Waals surface area contributed by atoms with E-state index in [0.717, 1.165) is 6.07 Å². The second kappa shape index (κ2) is 9.35. The Hall–Kier alpha value is -3.19. The Bertz CT molecular complexity index is 1380. The first kappa shape index (κ1) is 23.0. The summed E-state index contributed by atoms with van der Waals surface area (Å²) in [5, 5.41) is 2.53. The summed E-state index contributed by atoms with van der Waals surface area (Å²) in [7, 11) is -3.84. The molecule has 2 aromatic carbocycles. The number of hydrogen-bond donors (Lipinski definition) is 3. The van der Waals surface area contributed by atoms with Crippen molar-refractivity contribution in [1.82, 2.24) is 14.3 Å². The van der Waals surface area contributed by atoms with E-state index in [1.54, 1.807) is 18.2 Å². The topological polar surface area (TPSA) is 151 Å². The van der Waals surface area contributed by atoms with Crippen molar-refractivity contribution < 1.29 is 27.5 Å². The predicted molar refractivity (Wildman–Crippen MR) is 119 cm³/mol. The summed E-state index contributed by atoms with van der Waals surface area (Å²) in [5.41, 5.74) is 0.906. The van der Waals surface area contributed by atoms with Crippen LogP contribution >= 0.6 is 11.6 Å². The van der Waals surface area contributed by atoms with Gasteiger partial charge in [-0.3, -0.25) is 4.79 Å². The molecular weight excluding hydrogens is 476 g/mol. The van der Waals surface area contributed by atoms with Gasteiger partial charge in [-0.05, 0) is 36.4 Å². The Labute approximate surface area is 192 Å². The van der Waals surface area contributed by atoms with Crippen LogP contribution in [-0.2, 0) is 24.3 Å². The third kappa shape index (κ3) is 5.09. The maximum absolute atomic E-state index is 12.8. The van der Waals surface area contributed by atoms with Gasteiger partial charge in [-0.2, -0.15) is 4.31 Å². The van der Waals surface area contributed by atoms with E-state index in [4.69, 9.17) is 21.1 Å². The maximum atomic E-state index is 12.8. The van der Waals surface area contributed by atoms with Crippen LogP contribution in [0.15, 0.2) is 46.1 Å². The molecule has 3 N–H and O–H groups in total. The third-order valence-electron chi connectivity index (χ3n) is 4.90. The number of amides is 1. The molecule has 3 aromatic rings. The first-order valence-electron chi connectivity index (χ1n) is 9.80. The Balaban J connectivity index is 1.42. The molecule has 13 heteroatoms. The van der Waals surface area contributed by atoms with Crippen molar-refractivity contribution in [3.05, 3.63) is 57.5 Å². The number of morpholine rings is 1. The molecule has 174 valence electrons. The first-order chi connectivity index (χ1) is 15.7. The summed E-state index contributed by atoms with van der Waals surface area (Å²) >= 11 is 6.07. The molecule has 1 saturated heterocycles. The fourth-order valence-corrected chi connectivity index (χ4v) is 4.90. The number of rotatable bonds is 6. The lowest BCUT2D eigenvalue weighted by atomic mass is 10.2. The number of aromatic nitrogens is 2. The number of fused-ring (bicyclic) bond motifs is 1. The predicted octanol–water partition coefficient (Wildman–Crippen LogP) is 1.33. The van der Waals surface area contributed by atoms with E-state index in [-0.39, 0.29) is 47.5 Å². The number of aromatic amines is 2. The minimum absolute atomic E-state index is 0.0109. The number of halogens is 1. The summed E-state index contributed by atoms with van der Waals surface area (Å²) in [6.07, 6.45) is 0. The zero-order valence-electron chi connectivity index (χ0n) is 17.1. The van der Waals surface area contributed by atoms with Crippen LogP contribution in [0.5, 0.6) is 0 Å². The van der Waals surface area contributed by atoms with Crippen molar-refractivity contribution in [3.8, 4) is 0 Å². The number of imidazole rings is 1. The average molecular weight is 495 g/mol. The largest absolute Gasteiger partial charge is 0.452 e. The maximum Gasteiger partial charge on any atom is 0.340 e. The van der Waals surface area contributed by atoms with E-state index in [1.165, 1.54) is 16.4 Å². The Kier molecular flexibility index (Phi) is 6.51. The minimum Gasteiger partial charge on any atom is -0.452 e. The highest BCUT2D eigenvalue weighted by molar-refractivity contribution is 7.89. The Morgan fingerprint density at radius 3 is 2.58 bits per heavy atom. The van der Waals surface area contributed by atoms with E-state index in [0.29, 0.717) is 16.7 Å². The van der Waals surface area contributed by atoms with Crippen molar-refractivity contribution in [2.75, 3.05) is 38.2 Å². The molecule has 33 heavy (non-hydrogen) atoms. The summed E-state index contributed by atoms with van der Waals surface area (Å²) in [5.74, 6) is -1.58. The molecule has 1 amide bonds. The number of carbonyl (C=O) groups excluding carboxylic acids is 2. The number of benzene rings is 2. The van der Waals surface area contributed by atoms with Crippen molar-refractivity contribution in [3.63, 3.8) is 0 Å². The Morgan fingerprint density at radius 1 is 1.09 bits per heavy atom. The lowest BCUT2D eigenvalue weighted by molar-refractivity contribution is -0.119. The van der Waals surface area contributed by atoms with Crippen molar-refractivity contribution in [2.45, 2.75) is 4.90 Å². The second-order valence-electron chi connectivity index (χ2n) is 7.12. The van der Waals surface area contributed by atoms with Gasteiger partial charge in [0.15, 0.2) is 6.61 Å². The molecule has 0 aliphatic carbocycles. The van der Waals surface area contributed by atoms with Gasteiger partial charge in [0.2, 0.25) is 10.0 Å². The number of nitrogens with one attached hydrogen (secondary N) is 3. The van der Waals surface area contributed by atoms with Gasteiger partial charge >= 0.3 is 11.7 Å². The van der Waals surface area contributed by atoms with Gasteiger partial charge in [-0.25, -0.2) is 18.0 Å². The molecular formula is C20H19ClN4O7S. The molecule has 1 aromatic heterocycles. The number of esters is 1. The van der Waals surface area contributed by atoms with E-state index in [9.17, 15) is 22.8 Å². The summed E-state index contributed by atoms with van der Waals surface area (Å²) in [6.45, 7) is 0.339. The molecule has 1 fully saturated rings. The normalized spacial score (nSPS) is 14.8. The van der Waals surface area contributed by atoms with E-state index in [2.05, 4.69) is 15.3 Å². The number of hydrogen-bond acceptors (Lipinski definition) is 7. The van der Waals surface area contributed by atoms with Crippen LogP contribution < -0.4 is 11.0 Å². The minimum atomic E-state index is -3.84. The van der Waals surface area contributed by atoms with Gasteiger partial charge in [0, 0.05) is 18.8 Å². The van der Waals surface area contributed by atoms with Crippen molar-refractivity contribution in [1.29, 1.82) is 0 Å². The van der Waals surface area contributed by atoms with E-state index in [1.807, 2.05) is 0 Å². The third-order valence-corrected chi connectivity index (χ3v) is 7.12. The van der Waals surface area contributed by atoms with Crippen molar-refractivity contribution >= 4 is 50.2 Å². The lowest BCUT2D eigenvalue weighted by Gasteiger charge is -2.26. The molecule has 0 saturated carbocycles. The SMILES string of the molecule is O=C(COC(=O)c1cc(S(=O)(=O)N2CCOCC2)ccc1Cl)Nc1ccc2[nH]c(=O)[nH]c2c1. The molecule has 4 rings (SSSR count). The number of carbonyl (C=O) groups is 2. The van der Waals surface area contributed by atoms with Crippen LogP contribution in [0.4, 0.5) is 5.69 Å². The highest BCUT2D eigenvalue weighted by Crippen LogP contribution is 2.24. The smallest absolute Gasteiger partial charge is 0.340 e. The number of ether oxygens (including phenoxy) is 2. The number of anilines is 1. The van der Waals surface area contributed by atoms with Crippen LogP contribution in [0.25, 0.3) is 11.0 Å². The molecule has 1 aliphatic rings. The Morgan fingerprint density at radius 2 is 1.82 bits per heavy atom. The van der Waals surface area contributed by atoms with Crippen LogP contribution in [0.3, 0.4) is 0 Å². The molecule has 0 atom stereocenters. The van der Waals surface area contributed by atoms with Crippen LogP contribution in [0.2, 0.25) is 5.02 Å². The molecule has 0 radical (unpaired) electrons. The quantitative estimate of drug-likeness (QED) is 0.437. The summed E-state index contributed by atoms with van der Waals surface area (Å²) in [4.78, 5) is 41.1. The van der Waals surface area contributed by atoms with Gasteiger partial charge < -0.3 is 24.8 Å². The van der Waals surface area contributed by atoms with Gasteiger partial charge in [0.05, 0.1) is 39.7 Å². The molecule has 2 heterocycles. The zero-order chi connectivity index (χ0) is 23.6. The van der Waals surface area contributed by atoms with Gasteiger partial charge in [-0.15, -0.1) is 0 Å². The molecule has 11 nitrogen and oxygen atoms in total. The number of H-pyrrole nitrogens is 2. The first-order valence-corrected chi connectivity index (χ1v) is 11.6. The van der Waals surface area contributed by atoms with E-state index < -0.39 is 28.5 Å². The van der Waals surface area contributed by atoms with Gasteiger partial charge in [0.25, 0.3) is 5.91 Å². The molecule has 0 spiro atoms. The van der Waals surface area contributed by atoms with Crippen molar-refractivity contribution in [2.24, 2.45) is 0 Å². The van der Waals surface area contributed by atoms with Gasteiger partial charge in [-0.1, -0.05) is 11.6 Å². The lowest BCUT2D eigenvalue weighted by Crippen LogP contribution is -2.40. The molecule has 0 bridgehead atoms. The van der Waals surface area contributed by atoms with E-state index >= 15 is 0 Å². The summed E-state index contributed by atoms with van der Waals surface area (Å²) in [6, 6.07) is 8.45. The monoisotopic (exact) mass is 494 g/mol. The molecule has 1 aliphatic heterocycles. The fraction of sp³-hybridized carbons (Fsp3) is 0.250. The molecule has 0 unspecified atom stereocenters. The highest BCUT2D eigenvalue weighted by Gasteiger charge is 2.28. The highest BCUT2D eigenvalue weighted by atomic mass is 35.5. The standard InChI is InChI=1S/C20H19ClN4O7S/c21-15-3-2-13(33(29,30)25-5-7-31-8-6-25)10-14(15)19(27)32-11-18(26)22-12-1-4-16-17(9-12)24-20(28)23-16/h1-4,9-10H,5-8,11H2,(H,22,26)(H2,23,24,28). The zero-order valence-corrected chi connectivity index (χ0v) is 18.7. The summed E-state index contributed by atoms with van der Waals surface area (Å²) < 4.78 is 37.1. The van der Waals surface area contributed by atoms with Crippen LogP contribution in [0, 0.1) is 0 Å².